The minimum absolute atomic E-state index is 0.0283. The number of rotatable bonds is 7. The van der Waals surface area contributed by atoms with E-state index < -0.39 is 0 Å². The van der Waals surface area contributed by atoms with Crippen LogP contribution in [0.1, 0.15) is 69.4 Å². The third-order valence-corrected chi connectivity index (χ3v) is 8.24. The molecule has 0 radical (unpaired) electrons. The van der Waals surface area contributed by atoms with E-state index in [0.717, 1.165) is 17.0 Å². The zero-order chi connectivity index (χ0) is 27.3. The number of ether oxygens (including phenoxy) is 1. The Bertz CT molecular complexity index is 1390. The maximum absolute atomic E-state index is 6.70. The normalized spacial score (nSPS) is 12.5. The van der Waals surface area contributed by atoms with Crippen LogP contribution < -0.4 is 15.3 Å². The summed E-state index contributed by atoms with van der Waals surface area (Å²) in [5.74, 6) is 1.02. The van der Waals surface area contributed by atoms with Gasteiger partial charge < -0.3 is 4.74 Å². The standard InChI is InChI=1S/C35H40NOP/c1-25-15-14-18-27(23-36-29-19-12-9-13-20-29)33(25)38-31-22-28(34(2,3)4)21-30(35(5,6)7)32(31)37-24-26-16-10-8-11-17-26/h8-23,38H,24H2,1-7H3/b36-23+. The van der Waals surface area contributed by atoms with Gasteiger partial charge in [-0.15, -0.1) is 0 Å². The highest BCUT2D eigenvalue weighted by molar-refractivity contribution is 7.56. The van der Waals surface area contributed by atoms with Crippen molar-refractivity contribution in [2.45, 2.75) is 65.9 Å². The number of para-hydroxylation sites is 1. The molecule has 4 aromatic rings. The van der Waals surface area contributed by atoms with E-state index in [1.807, 2.05) is 42.6 Å². The molecule has 196 valence electrons. The van der Waals surface area contributed by atoms with Gasteiger partial charge in [0.2, 0.25) is 0 Å². The summed E-state index contributed by atoms with van der Waals surface area (Å²) in [4.78, 5) is 4.78. The van der Waals surface area contributed by atoms with Crippen molar-refractivity contribution in [3.05, 3.63) is 119 Å². The Balaban J connectivity index is 1.83. The summed E-state index contributed by atoms with van der Waals surface area (Å²) in [6, 6.07) is 31.8. The zero-order valence-electron chi connectivity index (χ0n) is 23.8. The molecule has 1 atom stereocenters. The topological polar surface area (TPSA) is 21.6 Å². The van der Waals surface area contributed by atoms with E-state index in [1.165, 1.54) is 32.9 Å². The zero-order valence-corrected chi connectivity index (χ0v) is 24.8. The van der Waals surface area contributed by atoms with Gasteiger partial charge in [0.15, 0.2) is 0 Å². The smallest absolute Gasteiger partial charge is 0.131 e. The first-order valence-electron chi connectivity index (χ1n) is 13.3. The van der Waals surface area contributed by atoms with Crippen LogP contribution in [0.2, 0.25) is 0 Å². The summed E-state index contributed by atoms with van der Waals surface area (Å²) < 4.78 is 6.70. The average molecular weight is 522 g/mol. The molecule has 38 heavy (non-hydrogen) atoms. The van der Waals surface area contributed by atoms with Crippen molar-refractivity contribution in [3.63, 3.8) is 0 Å². The fourth-order valence-corrected chi connectivity index (χ4v) is 5.75. The van der Waals surface area contributed by atoms with Crippen molar-refractivity contribution in [3.8, 4) is 5.75 Å². The SMILES string of the molecule is Cc1cccc(/C=N/c2ccccc2)c1Pc1cc(C(C)(C)C)cc(C(C)(C)C)c1OCc1ccccc1. The fourth-order valence-electron chi connectivity index (χ4n) is 4.36. The summed E-state index contributed by atoms with van der Waals surface area (Å²) in [7, 11) is 0.443. The maximum Gasteiger partial charge on any atom is 0.131 e. The van der Waals surface area contributed by atoms with Gasteiger partial charge >= 0.3 is 0 Å². The first kappa shape index (κ1) is 27.8. The van der Waals surface area contributed by atoms with Gasteiger partial charge in [-0.1, -0.05) is 123 Å². The van der Waals surface area contributed by atoms with Gasteiger partial charge in [0.25, 0.3) is 0 Å². The van der Waals surface area contributed by atoms with E-state index in [0.29, 0.717) is 15.2 Å². The van der Waals surface area contributed by atoms with Crippen molar-refractivity contribution < 1.29 is 4.74 Å². The van der Waals surface area contributed by atoms with Crippen molar-refractivity contribution in [2.75, 3.05) is 0 Å². The van der Waals surface area contributed by atoms with Crippen LogP contribution in [0.3, 0.4) is 0 Å². The molecule has 4 aromatic carbocycles. The number of aryl methyl sites for hydroxylation is 1. The third-order valence-electron chi connectivity index (χ3n) is 6.66. The van der Waals surface area contributed by atoms with Gasteiger partial charge in [-0.25, -0.2) is 0 Å². The highest BCUT2D eigenvalue weighted by Gasteiger charge is 2.27. The Labute approximate surface area is 231 Å². The average Bonchev–Trinajstić information content (AvgIpc) is 2.88. The molecule has 0 bridgehead atoms. The van der Waals surface area contributed by atoms with Gasteiger partial charge in [-0.3, -0.25) is 4.99 Å². The van der Waals surface area contributed by atoms with Crippen LogP contribution in [-0.2, 0) is 17.4 Å². The summed E-state index contributed by atoms with van der Waals surface area (Å²) in [5.41, 5.74) is 7.12. The summed E-state index contributed by atoms with van der Waals surface area (Å²) in [6.45, 7) is 16.5. The van der Waals surface area contributed by atoms with Crippen LogP contribution in [-0.4, -0.2) is 6.21 Å². The molecular formula is C35H40NOP. The van der Waals surface area contributed by atoms with Crippen molar-refractivity contribution in [1.29, 1.82) is 0 Å². The number of hydrogen-bond donors (Lipinski definition) is 0. The van der Waals surface area contributed by atoms with Gasteiger partial charge in [-0.05, 0) is 57.9 Å². The molecule has 0 heterocycles. The molecule has 0 spiro atoms. The molecule has 3 heteroatoms. The Kier molecular flexibility index (Phi) is 8.54. The highest BCUT2D eigenvalue weighted by atomic mass is 31.1. The van der Waals surface area contributed by atoms with E-state index >= 15 is 0 Å². The predicted molar refractivity (Wildman–Crippen MR) is 167 cm³/mol. The lowest BCUT2D eigenvalue weighted by Crippen LogP contribution is -2.24. The van der Waals surface area contributed by atoms with Gasteiger partial charge in [0, 0.05) is 22.6 Å². The summed E-state index contributed by atoms with van der Waals surface area (Å²) in [6.07, 6.45) is 2.01. The largest absolute Gasteiger partial charge is 0.488 e. The first-order valence-corrected chi connectivity index (χ1v) is 14.3. The molecule has 0 amide bonds. The molecule has 0 saturated heterocycles. The van der Waals surface area contributed by atoms with Crippen LogP contribution in [0.4, 0.5) is 5.69 Å². The van der Waals surface area contributed by atoms with Gasteiger partial charge in [-0.2, -0.15) is 0 Å². The van der Waals surface area contributed by atoms with Crippen molar-refractivity contribution >= 4 is 31.1 Å². The maximum atomic E-state index is 6.70. The second-order valence-corrected chi connectivity index (χ2v) is 13.2. The third kappa shape index (κ3) is 7.00. The van der Waals surface area contributed by atoms with E-state index in [-0.39, 0.29) is 10.8 Å². The highest BCUT2D eigenvalue weighted by Crippen LogP contribution is 2.38. The molecule has 4 rings (SSSR count). The Morgan fingerprint density at radius 1 is 0.763 bits per heavy atom. The molecule has 0 aliphatic heterocycles. The Hall–Kier alpha value is -3.22. The molecule has 0 aliphatic rings. The second kappa shape index (κ2) is 11.7. The lowest BCUT2D eigenvalue weighted by Gasteiger charge is -2.30. The van der Waals surface area contributed by atoms with E-state index in [9.17, 15) is 0 Å². The monoisotopic (exact) mass is 521 g/mol. The number of nitrogens with zero attached hydrogens (tertiary/aromatic N) is 1. The molecule has 0 fully saturated rings. The molecule has 1 unspecified atom stereocenters. The van der Waals surface area contributed by atoms with E-state index in [1.54, 1.807) is 0 Å². The summed E-state index contributed by atoms with van der Waals surface area (Å²) in [5, 5.41) is 2.56. The van der Waals surface area contributed by atoms with Gasteiger partial charge in [0.05, 0.1) is 5.69 Å². The number of hydrogen-bond acceptors (Lipinski definition) is 2. The van der Waals surface area contributed by atoms with Crippen LogP contribution in [0.5, 0.6) is 5.75 Å². The minimum Gasteiger partial charge on any atom is -0.488 e. The van der Waals surface area contributed by atoms with Crippen LogP contribution >= 0.6 is 8.58 Å². The predicted octanol–water partition coefficient (Wildman–Crippen LogP) is 8.55. The Morgan fingerprint density at radius 3 is 2.05 bits per heavy atom. The van der Waals surface area contributed by atoms with E-state index in [2.05, 4.69) is 103 Å². The Morgan fingerprint density at radius 2 is 1.42 bits per heavy atom. The lowest BCUT2D eigenvalue weighted by atomic mass is 9.80. The molecule has 0 N–H and O–H groups in total. The molecule has 0 aromatic heterocycles. The number of benzene rings is 4. The lowest BCUT2D eigenvalue weighted by molar-refractivity contribution is 0.300. The molecule has 0 saturated carbocycles. The molecular weight excluding hydrogens is 481 g/mol. The van der Waals surface area contributed by atoms with Crippen LogP contribution in [0.25, 0.3) is 0 Å². The van der Waals surface area contributed by atoms with Crippen molar-refractivity contribution in [2.24, 2.45) is 4.99 Å². The second-order valence-electron chi connectivity index (χ2n) is 11.9. The molecule has 0 aliphatic carbocycles. The quantitative estimate of drug-likeness (QED) is 0.176. The molecule has 2 nitrogen and oxygen atoms in total. The van der Waals surface area contributed by atoms with Crippen LogP contribution in [0.15, 0.2) is 96.0 Å². The number of aliphatic imine (C=N–C) groups is 1. The first-order chi connectivity index (χ1) is 18.0. The van der Waals surface area contributed by atoms with E-state index in [4.69, 9.17) is 9.73 Å². The van der Waals surface area contributed by atoms with Gasteiger partial charge in [0.1, 0.15) is 12.4 Å². The fraction of sp³-hybridized carbons (Fsp3) is 0.286. The summed E-state index contributed by atoms with van der Waals surface area (Å²) >= 11 is 0. The minimum atomic E-state index is -0.0597. The van der Waals surface area contributed by atoms with Crippen LogP contribution in [0, 0.1) is 6.92 Å². The van der Waals surface area contributed by atoms with Crippen molar-refractivity contribution in [1.82, 2.24) is 0 Å².